The molecule has 1 saturated heterocycles. The van der Waals surface area contributed by atoms with Gasteiger partial charge < -0.3 is 9.84 Å². The van der Waals surface area contributed by atoms with Gasteiger partial charge in [0.05, 0.1) is 22.3 Å². The molecule has 1 heterocycles. The van der Waals surface area contributed by atoms with Crippen molar-refractivity contribution in [2.75, 3.05) is 6.61 Å². The third-order valence-corrected chi connectivity index (χ3v) is 4.14. The molecule has 0 saturated carbocycles. The molecule has 3 unspecified atom stereocenters. The zero-order valence-corrected chi connectivity index (χ0v) is 11.2. The molecule has 0 aliphatic carbocycles. The van der Waals surface area contributed by atoms with Gasteiger partial charge in [0, 0.05) is 13.0 Å². The van der Waals surface area contributed by atoms with E-state index in [9.17, 15) is 5.11 Å². The lowest BCUT2D eigenvalue weighted by Gasteiger charge is -2.21. The Kier molecular flexibility index (Phi) is 4.31. The summed E-state index contributed by atoms with van der Waals surface area (Å²) >= 11 is 12.0. The molecule has 1 aliphatic rings. The van der Waals surface area contributed by atoms with Crippen LogP contribution < -0.4 is 0 Å². The molecule has 0 radical (unpaired) electrons. The van der Waals surface area contributed by atoms with Gasteiger partial charge in [0.1, 0.15) is 0 Å². The summed E-state index contributed by atoms with van der Waals surface area (Å²) in [7, 11) is 0. The van der Waals surface area contributed by atoms with Crippen molar-refractivity contribution < 1.29 is 9.84 Å². The number of halogens is 2. The van der Waals surface area contributed by atoms with E-state index in [0.29, 0.717) is 22.4 Å². The van der Waals surface area contributed by atoms with Crippen molar-refractivity contribution in [2.24, 2.45) is 5.92 Å². The summed E-state index contributed by atoms with van der Waals surface area (Å²) in [5.41, 5.74) is 0.870. The minimum absolute atomic E-state index is 0.0925. The second-order valence-electron chi connectivity index (χ2n) is 4.59. The van der Waals surface area contributed by atoms with E-state index < -0.39 is 6.10 Å². The van der Waals surface area contributed by atoms with Gasteiger partial charge in [-0.15, -0.1) is 0 Å². The lowest BCUT2D eigenvalue weighted by molar-refractivity contribution is -0.0157. The molecule has 0 spiro atoms. The predicted octanol–water partition coefficient (Wildman–Crippen LogP) is 3.32. The van der Waals surface area contributed by atoms with E-state index in [1.807, 2.05) is 12.1 Å². The second kappa shape index (κ2) is 5.57. The summed E-state index contributed by atoms with van der Waals surface area (Å²) < 4.78 is 5.54. The molecule has 1 aromatic rings. The number of rotatable bonds is 3. The third kappa shape index (κ3) is 2.94. The van der Waals surface area contributed by atoms with E-state index in [0.717, 1.165) is 18.6 Å². The van der Waals surface area contributed by atoms with Crippen LogP contribution in [0.15, 0.2) is 18.2 Å². The first kappa shape index (κ1) is 13.2. The maximum Gasteiger partial charge on any atom is 0.0863 e. The van der Waals surface area contributed by atoms with Gasteiger partial charge >= 0.3 is 0 Å². The van der Waals surface area contributed by atoms with Crippen molar-refractivity contribution in [1.29, 1.82) is 0 Å². The van der Waals surface area contributed by atoms with Crippen LogP contribution in [0.3, 0.4) is 0 Å². The topological polar surface area (TPSA) is 29.5 Å². The third-order valence-electron chi connectivity index (χ3n) is 3.28. The van der Waals surface area contributed by atoms with Gasteiger partial charge in [0.25, 0.3) is 0 Å². The number of aliphatic hydroxyl groups excluding tert-OH is 1. The van der Waals surface area contributed by atoms with E-state index in [4.69, 9.17) is 27.9 Å². The summed E-state index contributed by atoms with van der Waals surface area (Å²) in [6.07, 6.45) is 0.868. The van der Waals surface area contributed by atoms with E-state index >= 15 is 0 Å². The molecule has 1 fully saturated rings. The first-order chi connectivity index (χ1) is 8.09. The highest BCUT2D eigenvalue weighted by Gasteiger charge is 2.31. The Hall–Kier alpha value is -0.280. The molecule has 0 amide bonds. The Bertz CT molecular complexity index is 395. The van der Waals surface area contributed by atoms with Gasteiger partial charge in [0.2, 0.25) is 0 Å². The highest BCUT2D eigenvalue weighted by Crippen LogP contribution is 2.29. The van der Waals surface area contributed by atoms with Gasteiger partial charge in [0.15, 0.2) is 0 Å². The van der Waals surface area contributed by atoms with Crippen LogP contribution in [-0.2, 0) is 11.2 Å². The molecule has 94 valence electrons. The van der Waals surface area contributed by atoms with Crippen LogP contribution in [-0.4, -0.2) is 23.9 Å². The first-order valence-corrected chi connectivity index (χ1v) is 6.57. The Morgan fingerprint density at radius 2 is 2.24 bits per heavy atom. The average molecular weight is 275 g/mol. The quantitative estimate of drug-likeness (QED) is 0.917. The van der Waals surface area contributed by atoms with E-state index in [2.05, 4.69) is 6.92 Å². The average Bonchev–Trinajstić information content (AvgIpc) is 2.71. The number of aliphatic hydroxyl groups is 1. The predicted molar refractivity (Wildman–Crippen MR) is 69.7 cm³/mol. The molecule has 1 N–H and O–H groups in total. The lowest BCUT2D eigenvalue weighted by Crippen LogP contribution is -2.31. The van der Waals surface area contributed by atoms with Gasteiger partial charge in [-0.1, -0.05) is 42.3 Å². The molecular formula is C13H16Cl2O2. The van der Waals surface area contributed by atoms with Crippen molar-refractivity contribution >= 4 is 23.2 Å². The zero-order valence-electron chi connectivity index (χ0n) is 9.70. The van der Waals surface area contributed by atoms with E-state index in [1.165, 1.54) is 0 Å². The minimum atomic E-state index is -0.525. The van der Waals surface area contributed by atoms with Crippen molar-refractivity contribution in [2.45, 2.75) is 32.0 Å². The van der Waals surface area contributed by atoms with Crippen LogP contribution >= 0.6 is 23.2 Å². The largest absolute Gasteiger partial charge is 0.390 e. The molecule has 0 bridgehead atoms. The molecule has 17 heavy (non-hydrogen) atoms. The van der Waals surface area contributed by atoms with Gasteiger partial charge in [-0.05, 0) is 24.0 Å². The monoisotopic (exact) mass is 274 g/mol. The van der Waals surface area contributed by atoms with E-state index in [-0.39, 0.29) is 6.10 Å². The van der Waals surface area contributed by atoms with Crippen LogP contribution in [0.4, 0.5) is 0 Å². The van der Waals surface area contributed by atoms with Gasteiger partial charge in [-0.3, -0.25) is 0 Å². The molecule has 1 aliphatic heterocycles. The maximum atomic E-state index is 10.2. The Balaban J connectivity index is 2.07. The van der Waals surface area contributed by atoms with Crippen molar-refractivity contribution in [3.05, 3.63) is 33.8 Å². The standard InChI is InChI=1S/C13H16Cl2O2/c1-8-5-6-17-13(8)11(16)7-9-3-2-4-10(14)12(9)15/h2-4,8,11,13,16H,5-7H2,1H3. The number of hydrogen-bond donors (Lipinski definition) is 1. The Morgan fingerprint density at radius 1 is 1.47 bits per heavy atom. The summed E-state index contributed by atoms with van der Waals surface area (Å²) in [4.78, 5) is 0. The molecule has 4 heteroatoms. The molecule has 1 aromatic carbocycles. The van der Waals surface area contributed by atoms with Crippen LogP contribution in [0.25, 0.3) is 0 Å². The van der Waals surface area contributed by atoms with Crippen LogP contribution in [0.5, 0.6) is 0 Å². The number of benzene rings is 1. The van der Waals surface area contributed by atoms with E-state index in [1.54, 1.807) is 6.07 Å². The minimum Gasteiger partial charge on any atom is -0.390 e. The van der Waals surface area contributed by atoms with Crippen LogP contribution in [0.1, 0.15) is 18.9 Å². The number of ether oxygens (including phenoxy) is 1. The normalized spacial score (nSPS) is 26.1. The van der Waals surface area contributed by atoms with Gasteiger partial charge in [-0.25, -0.2) is 0 Å². The Morgan fingerprint density at radius 3 is 2.88 bits per heavy atom. The smallest absolute Gasteiger partial charge is 0.0863 e. The second-order valence-corrected chi connectivity index (χ2v) is 5.37. The summed E-state index contributed by atoms with van der Waals surface area (Å²) in [6, 6.07) is 5.47. The SMILES string of the molecule is CC1CCOC1C(O)Cc1cccc(Cl)c1Cl. The fourth-order valence-electron chi connectivity index (χ4n) is 2.26. The first-order valence-electron chi connectivity index (χ1n) is 5.82. The Labute approximate surface area is 111 Å². The molecule has 3 atom stereocenters. The van der Waals surface area contributed by atoms with Crippen LogP contribution in [0, 0.1) is 5.92 Å². The summed E-state index contributed by atoms with van der Waals surface area (Å²) in [6.45, 7) is 2.83. The fraction of sp³-hybridized carbons (Fsp3) is 0.538. The highest BCUT2D eigenvalue weighted by molar-refractivity contribution is 6.42. The maximum absolute atomic E-state index is 10.2. The molecule has 2 nitrogen and oxygen atoms in total. The highest BCUT2D eigenvalue weighted by atomic mass is 35.5. The fourth-order valence-corrected chi connectivity index (χ4v) is 2.65. The lowest BCUT2D eigenvalue weighted by atomic mass is 9.95. The zero-order chi connectivity index (χ0) is 12.4. The van der Waals surface area contributed by atoms with Crippen molar-refractivity contribution in [1.82, 2.24) is 0 Å². The van der Waals surface area contributed by atoms with Gasteiger partial charge in [-0.2, -0.15) is 0 Å². The molecule has 2 rings (SSSR count). The van der Waals surface area contributed by atoms with Crippen molar-refractivity contribution in [3.63, 3.8) is 0 Å². The summed E-state index contributed by atoms with van der Waals surface area (Å²) in [5.74, 6) is 0.392. The number of hydrogen-bond acceptors (Lipinski definition) is 2. The van der Waals surface area contributed by atoms with Crippen LogP contribution in [0.2, 0.25) is 10.0 Å². The molecular weight excluding hydrogens is 259 g/mol. The van der Waals surface area contributed by atoms with Crippen molar-refractivity contribution in [3.8, 4) is 0 Å². The molecule has 0 aromatic heterocycles. The summed E-state index contributed by atoms with van der Waals surface area (Å²) in [5, 5.41) is 11.2.